The van der Waals surface area contributed by atoms with Crippen LogP contribution in [0.2, 0.25) is 0 Å². The van der Waals surface area contributed by atoms with Gasteiger partial charge in [0.2, 0.25) is 0 Å². The van der Waals surface area contributed by atoms with Gasteiger partial charge in [-0.2, -0.15) is 0 Å². The quantitative estimate of drug-likeness (QED) is 0.373. The first-order valence-electron chi connectivity index (χ1n) is 13.3. The monoisotopic (exact) mass is 499 g/mol. The van der Waals surface area contributed by atoms with Crippen molar-refractivity contribution in [3.63, 3.8) is 0 Å². The molecule has 0 aliphatic heterocycles. The van der Waals surface area contributed by atoms with E-state index in [0.717, 1.165) is 46.7 Å². The fourth-order valence-corrected chi connectivity index (χ4v) is 5.78. The fourth-order valence-electron chi connectivity index (χ4n) is 5.78. The van der Waals surface area contributed by atoms with Crippen LogP contribution in [-0.4, -0.2) is 29.7 Å². The molecule has 0 radical (unpaired) electrons. The molecule has 0 spiro atoms. The molecule has 194 valence electrons. The van der Waals surface area contributed by atoms with Crippen LogP contribution in [0.5, 0.6) is 0 Å². The molecule has 5 rings (SSSR count). The molecule has 2 aromatic carbocycles. The van der Waals surface area contributed by atoms with Crippen molar-refractivity contribution in [3.8, 4) is 11.4 Å². The number of nitrogens with zero attached hydrogens (tertiary/aromatic N) is 5. The maximum Gasteiger partial charge on any atom is 0.276 e. The molecule has 7 heteroatoms. The number of para-hydroxylation sites is 2. The van der Waals surface area contributed by atoms with Crippen molar-refractivity contribution in [2.75, 3.05) is 0 Å². The summed E-state index contributed by atoms with van der Waals surface area (Å²) in [6.07, 6.45) is 5.81. The topological polar surface area (TPSA) is 57.1 Å². The van der Waals surface area contributed by atoms with Crippen LogP contribution < -0.4 is 11.1 Å². The highest BCUT2D eigenvalue weighted by Gasteiger charge is 2.28. The molecule has 0 bridgehead atoms. The number of hydrogen-bond donors (Lipinski definition) is 0. The van der Waals surface area contributed by atoms with Crippen LogP contribution in [0, 0.1) is 13.8 Å². The summed E-state index contributed by atoms with van der Waals surface area (Å²) in [6, 6.07) is 19.9. The van der Waals surface area contributed by atoms with Crippen molar-refractivity contribution >= 4 is 0 Å². The summed E-state index contributed by atoms with van der Waals surface area (Å²) in [7, 11) is 3.89. The first-order valence-corrected chi connectivity index (χ1v) is 13.3. The van der Waals surface area contributed by atoms with E-state index < -0.39 is 0 Å². The maximum atomic E-state index is 13.7. The Kier molecular flexibility index (Phi) is 7.07. The summed E-state index contributed by atoms with van der Waals surface area (Å²) < 4.78 is 7.39. The molecule has 0 N–H and O–H groups in total. The van der Waals surface area contributed by atoms with Gasteiger partial charge in [-0.25, -0.2) is 9.36 Å². The van der Waals surface area contributed by atoms with E-state index in [2.05, 4.69) is 4.90 Å². The van der Waals surface area contributed by atoms with Gasteiger partial charge in [0, 0.05) is 44.6 Å². The zero-order valence-electron chi connectivity index (χ0n) is 22.4. The molecule has 2 aromatic heterocycles. The Bertz CT molecular complexity index is 1380. The summed E-state index contributed by atoms with van der Waals surface area (Å²) in [5.41, 5.74) is 5.26. The van der Waals surface area contributed by atoms with Crippen molar-refractivity contribution in [3.05, 3.63) is 104 Å². The van der Waals surface area contributed by atoms with Crippen LogP contribution in [0.1, 0.15) is 54.6 Å². The Morgan fingerprint density at radius 2 is 1.08 bits per heavy atom. The average Bonchev–Trinajstić information content (AvgIpc) is 3.27. The van der Waals surface area contributed by atoms with Crippen LogP contribution >= 0.6 is 0 Å². The second-order valence-corrected chi connectivity index (χ2v) is 10.3. The van der Waals surface area contributed by atoms with Gasteiger partial charge in [-0.1, -0.05) is 55.7 Å². The van der Waals surface area contributed by atoms with Gasteiger partial charge >= 0.3 is 0 Å². The smallest absolute Gasteiger partial charge is 0.276 e. The third-order valence-electron chi connectivity index (χ3n) is 8.16. The van der Waals surface area contributed by atoms with Crippen molar-refractivity contribution < 1.29 is 0 Å². The Morgan fingerprint density at radius 3 is 1.49 bits per heavy atom. The Hall–Kier alpha value is -3.58. The highest BCUT2D eigenvalue weighted by molar-refractivity contribution is 5.35. The maximum absolute atomic E-state index is 13.7. The molecule has 0 unspecified atom stereocenters. The van der Waals surface area contributed by atoms with Crippen LogP contribution in [0.15, 0.2) is 70.3 Å². The van der Waals surface area contributed by atoms with E-state index in [1.807, 2.05) is 98.0 Å². The summed E-state index contributed by atoms with van der Waals surface area (Å²) in [5.74, 6) is 0. The SMILES string of the molecule is Cc1c(CN(Cc2c(C)n(C)n(-c3ccccc3)c2=O)C2CCCCC2)c(=O)n(-c2ccccc2)n1C. The van der Waals surface area contributed by atoms with Crippen LogP contribution in [-0.2, 0) is 27.2 Å². The van der Waals surface area contributed by atoms with Gasteiger partial charge in [0.1, 0.15) is 0 Å². The average molecular weight is 500 g/mol. The number of aromatic nitrogens is 4. The molecule has 0 atom stereocenters. The predicted octanol–water partition coefficient (Wildman–Crippen LogP) is 4.62. The second kappa shape index (κ2) is 10.4. The molecule has 2 heterocycles. The summed E-state index contributed by atoms with van der Waals surface area (Å²) >= 11 is 0. The van der Waals surface area contributed by atoms with Crippen LogP contribution in [0.25, 0.3) is 11.4 Å². The van der Waals surface area contributed by atoms with Crippen LogP contribution in [0.3, 0.4) is 0 Å². The van der Waals surface area contributed by atoms with Gasteiger partial charge in [-0.05, 0) is 51.0 Å². The highest BCUT2D eigenvalue weighted by atomic mass is 16.1. The van der Waals surface area contributed by atoms with Gasteiger partial charge < -0.3 is 0 Å². The first kappa shape index (κ1) is 25.1. The minimum atomic E-state index is 0.0125. The van der Waals surface area contributed by atoms with Gasteiger partial charge in [0.05, 0.1) is 22.5 Å². The molecule has 0 saturated heterocycles. The Balaban J connectivity index is 1.54. The predicted molar refractivity (Wildman–Crippen MR) is 148 cm³/mol. The molecule has 4 aromatic rings. The minimum Gasteiger partial charge on any atom is -0.291 e. The van der Waals surface area contributed by atoms with Gasteiger partial charge in [0.25, 0.3) is 11.1 Å². The molecule has 1 aliphatic carbocycles. The van der Waals surface area contributed by atoms with Crippen molar-refractivity contribution in [2.24, 2.45) is 14.1 Å². The lowest BCUT2D eigenvalue weighted by molar-refractivity contribution is 0.138. The standard InChI is InChI=1S/C30H37N5O2/c1-22-27(29(36)34(31(22)3)25-16-10-6-11-17-25)20-33(24-14-8-5-9-15-24)21-28-23(2)32(4)35(30(28)37)26-18-12-7-13-19-26/h6-7,10-13,16-19,24H,5,8-9,14-15,20-21H2,1-4H3. The van der Waals surface area contributed by atoms with E-state index in [0.29, 0.717) is 19.1 Å². The minimum absolute atomic E-state index is 0.0125. The van der Waals surface area contributed by atoms with E-state index in [-0.39, 0.29) is 11.1 Å². The molecule has 7 nitrogen and oxygen atoms in total. The number of benzene rings is 2. The molecule has 37 heavy (non-hydrogen) atoms. The number of hydrogen-bond acceptors (Lipinski definition) is 3. The fraction of sp³-hybridized carbons (Fsp3) is 0.400. The van der Waals surface area contributed by atoms with Gasteiger partial charge in [0.15, 0.2) is 0 Å². The van der Waals surface area contributed by atoms with E-state index in [4.69, 9.17) is 0 Å². The van der Waals surface area contributed by atoms with Crippen molar-refractivity contribution in [1.82, 2.24) is 23.6 Å². The zero-order chi connectivity index (χ0) is 26.1. The van der Waals surface area contributed by atoms with Crippen molar-refractivity contribution in [1.29, 1.82) is 0 Å². The molecular weight excluding hydrogens is 462 g/mol. The Labute approximate surface area is 218 Å². The molecule has 0 amide bonds. The van der Waals surface area contributed by atoms with Gasteiger partial charge in [-0.15, -0.1) is 0 Å². The second-order valence-electron chi connectivity index (χ2n) is 10.3. The molecular formula is C30H37N5O2. The lowest BCUT2D eigenvalue weighted by Crippen LogP contribution is -2.38. The first-order chi connectivity index (χ1) is 17.9. The third kappa shape index (κ3) is 4.64. The van der Waals surface area contributed by atoms with E-state index >= 15 is 0 Å². The number of rotatable bonds is 7. The van der Waals surface area contributed by atoms with E-state index in [1.54, 1.807) is 9.36 Å². The van der Waals surface area contributed by atoms with Crippen LogP contribution in [0.4, 0.5) is 0 Å². The van der Waals surface area contributed by atoms with Gasteiger partial charge in [-0.3, -0.25) is 23.9 Å². The third-order valence-corrected chi connectivity index (χ3v) is 8.16. The van der Waals surface area contributed by atoms with E-state index in [1.165, 1.54) is 19.3 Å². The lowest BCUT2D eigenvalue weighted by Gasteiger charge is -2.34. The summed E-state index contributed by atoms with van der Waals surface area (Å²) in [5, 5.41) is 0. The molecule has 1 fully saturated rings. The normalized spacial score (nSPS) is 14.5. The van der Waals surface area contributed by atoms with Crippen molar-refractivity contribution in [2.45, 2.75) is 65.1 Å². The zero-order valence-corrected chi connectivity index (χ0v) is 22.4. The highest BCUT2D eigenvalue weighted by Crippen LogP contribution is 2.26. The van der Waals surface area contributed by atoms with E-state index in [9.17, 15) is 9.59 Å². The largest absolute Gasteiger partial charge is 0.291 e. The Morgan fingerprint density at radius 1 is 0.676 bits per heavy atom. The summed E-state index contributed by atoms with van der Waals surface area (Å²) in [4.78, 5) is 29.8. The molecule has 1 saturated carbocycles. The molecule has 1 aliphatic rings. The lowest BCUT2D eigenvalue weighted by atomic mass is 9.93. The summed E-state index contributed by atoms with van der Waals surface area (Å²) in [6.45, 7) is 5.10.